The molecule has 25 heteroatoms. The summed E-state index contributed by atoms with van der Waals surface area (Å²) in [5.74, 6) is 0. The molecule has 14 N–H and O–H groups in total. The molecule has 0 aliphatic rings. The molecule has 648 valence electrons. The van der Waals surface area contributed by atoms with E-state index in [1.165, 1.54) is 180 Å². The van der Waals surface area contributed by atoms with Crippen molar-refractivity contribution in [2.45, 2.75) is 462 Å². The zero-order valence-electron chi connectivity index (χ0n) is 70.1. The highest BCUT2D eigenvalue weighted by atomic mass is 31.2. The second kappa shape index (κ2) is 78.5. The van der Waals surface area contributed by atoms with E-state index in [1.54, 1.807) is 0 Å². The number of nitrogens with one attached hydrogen (secondary N) is 6. The lowest BCUT2D eigenvalue weighted by Gasteiger charge is -2.27. The zero-order chi connectivity index (χ0) is 79.5. The van der Waals surface area contributed by atoms with Crippen molar-refractivity contribution in [3.8, 4) is 0 Å². The number of ether oxygens (including phenoxy) is 2. The number of hydrogen-bond donors (Lipinski definition) is 14. The number of aliphatic hydroxyl groups is 6. The quantitative estimate of drug-likeness (QED) is 0.0153. The average Bonchev–Trinajstić information content (AvgIpc) is 0.901. The van der Waals surface area contributed by atoms with Crippen molar-refractivity contribution < 1.29 is 81.9 Å². The molecule has 0 aromatic heterocycles. The summed E-state index contributed by atoms with van der Waals surface area (Å²) in [5.41, 5.74) is 0. The largest absolute Gasteiger partial charge is 0.472 e. The summed E-state index contributed by atoms with van der Waals surface area (Å²) in [6.45, 7) is 11.6. The Bertz CT molecular complexity index is 1860. The molecule has 0 saturated carbocycles. The lowest BCUT2D eigenvalue weighted by molar-refractivity contribution is -0.0293. The Morgan fingerprint density at radius 3 is 0.787 bits per heavy atom. The Morgan fingerprint density at radius 2 is 0.519 bits per heavy atom. The summed E-state index contributed by atoms with van der Waals surface area (Å²) < 4.78 is 60.0. The molecular weight excluding hydrogens is 1410 g/mol. The number of carbonyl (C=O) groups excluding carboxylic acids is 1. The van der Waals surface area contributed by atoms with Crippen LogP contribution in [0.1, 0.15) is 401 Å². The first-order valence-electron chi connectivity index (χ1n) is 44.9. The highest BCUT2D eigenvalue weighted by Gasteiger charge is 2.29. The third-order valence-electron chi connectivity index (χ3n) is 20.6. The Labute approximate surface area is 660 Å². The van der Waals surface area contributed by atoms with Crippen LogP contribution in [0.3, 0.4) is 0 Å². The van der Waals surface area contributed by atoms with E-state index in [0.29, 0.717) is 51.7 Å². The minimum Gasteiger partial charge on any atom is -0.389 e. The van der Waals surface area contributed by atoms with Gasteiger partial charge in [0.05, 0.1) is 63.9 Å². The second-order valence-electron chi connectivity index (χ2n) is 31.2. The maximum absolute atomic E-state index is 13.2. The molecule has 0 fully saturated rings. The number of phosphoric ester groups is 2. The molecule has 23 nitrogen and oxygen atoms in total. The molecule has 0 bridgehead atoms. The topological polar surface area (TPSA) is 341 Å². The first-order chi connectivity index (χ1) is 52.3. The van der Waals surface area contributed by atoms with Gasteiger partial charge in [-0.15, -0.1) is 0 Å². The van der Waals surface area contributed by atoms with Gasteiger partial charge in [0.1, 0.15) is 24.9 Å². The lowest BCUT2D eigenvalue weighted by atomic mass is 10.0. The first-order valence-corrected chi connectivity index (χ1v) is 47.9. The molecule has 0 rings (SSSR count). The van der Waals surface area contributed by atoms with Gasteiger partial charge in [0, 0.05) is 38.4 Å². The molecule has 0 saturated heterocycles. The monoisotopic (exact) mass is 1590 g/mol. The molecule has 12 atom stereocenters. The van der Waals surface area contributed by atoms with Crippen LogP contribution < -0.4 is 31.9 Å². The molecule has 12 unspecified atom stereocenters. The predicted octanol–water partition coefficient (Wildman–Crippen LogP) is 18.4. The fourth-order valence-electron chi connectivity index (χ4n) is 13.7. The smallest absolute Gasteiger partial charge is 0.389 e. The number of urea groups is 1. The summed E-state index contributed by atoms with van der Waals surface area (Å²) in [5, 5.41) is 84.3. The van der Waals surface area contributed by atoms with Crippen molar-refractivity contribution in [1.82, 2.24) is 31.9 Å². The standard InChI is InChI=1S/C83H174N6O17P2/c1-7-13-19-25-29-33-37-39-45-51-57-77(90)81(94)88-75(69-101-65-61-73(55-49-43-23-17-11-5)86-79(92)59-53-47-41-35-31-27-21-15-9-3)71-105-107(97,98)103-67-63-84-83(96)85-64-68-104-108(99,100)106-72-76(89-82(95)78(91)58-52-46-40-38-34-30-26-20-14-8-2)70-102-66-62-74(56-50-44-24-18-12-6)87-80(93)60-54-48-42-36-32-28-22-16-10-4/h73-82,86-95H,7-72H2,1-6H3,(H,97,98)(H,99,100)(H2,84,85,96). The van der Waals surface area contributed by atoms with Gasteiger partial charge in [-0.25, -0.2) is 13.9 Å². The number of carbonyl (C=O) groups is 1. The van der Waals surface area contributed by atoms with Gasteiger partial charge in [0.25, 0.3) is 0 Å². The molecule has 2 amide bonds. The summed E-state index contributed by atoms with van der Waals surface area (Å²) in [7, 11) is -9.47. The van der Waals surface area contributed by atoms with Gasteiger partial charge >= 0.3 is 21.7 Å². The number of hydrogen-bond acceptors (Lipinski definition) is 19. The van der Waals surface area contributed by atoms with Crippen molar-refractivity contribution >= 4 is 21.7 Å². The van der Waals surface area contributed by atoms with Crippen LogP contribution in [0, 0.1) is 0 Å². The van der Waals surface area contributed by atoms with Gasteiger partial charge < -0.3 is 60.5 Å². The normalized spacial score (nSPS) is 16.0. The highest BCUT2D eigenvalue weighted by molar-refractivity contribution is 7.47. The fraction of sp³-hybridized carbons (Fsp3) is 0.988. The zero-order valence-corrected chi connectivity index (χ0v) is 71.9. The molecule has 0 spiro atoms. The summed E-state index contributed by atoms with van der Waals surface area (Å²) >= 11 is 0. The van der Waals surface area contributed by atoms with Crippen molar-refractivity contribution in [2.24, 2.45) is 0 Å². The maximum Gasteiger partial charge on any atom is 0.472 e. The minimum absolute atomic E-state index is 0.00552. The second-order valence-corrected chi connectivity index (χ2v) is 34.1. The molecule has 0 radical (unpaired) electrons. The summed E-state index contributed by atoms with van der Waals surface area (Å²) in [4.78, 5) is 34.3. The Hall–Kier alpha value is -0.990. The number of phosphoric acid groups is 2. The van der Waals surface area contributed by atoms with E-state index in [2.05, 4.69) is 73.4 Å². The average molecular weight is 1590 g/mol. The SMILES string of the molecule is CCCCCCCCCCCCC(O)C(O)NC(COCCC(CCCCCCC)NC(O)CCCCCCCCCCC)COP(=O)(O)OCCNC(=O)NCCOP(=O)(O)OCC(COCCC(CCCCCCC)NC(O)CCCCCCCCCCC)NC(O)C(O)CCCCCCCCCCCC. The van der Waals surface area contributed by atoms with Gasteiger partial charge in [-0.1, -0.05) is 337 Å². The number of unbranched alkanes of at least 4 members (excludes halogenated alkanes) is 42. The summed E-state index contributed by atoms with van der Waals surface area (Å²) in [6, 6.07) is -2.40. The molecular formula is C83H174N6O17P2. The van der Waals surface area contributed by atoms with Gasteiger partial charge in [-0.3, -0.25) is 39.4 Å². The minimum atomic E-state index is -4.74. The lowest BCUT2D eigenvalue weighted by Crippen LogP contribution is -2.49. The fourth-order valence-corrected chi connectivity index (χ4v) is 15.2. The predicted molar refractivity (Wildman–Crippen MR) is 443 cm³/mol. The number of aliphatic hydroxyl groups excluding tert-OH is 6. The maximum atomic E-state index is 13.2. The molecule has 0 aliphatic carbocycles. The van der Waals surface area contributed by atoms with Gasteiger partial charge in [0.15, 0.2) is 0 Å². The highest BCUT2D eigenvalue weighted by Crippen LogP contribution is 2.44. The van der Waals surface area contributed by atoms with E-state index in [-0.39, 0.29) is 38.4 Å². The number of rotatable bonds is 88. The van der Waals surface area contributed by atoms with Crippen molar-refractivity contribution in [2.75, 3.05) is 65.9 Å². The van der Waals surface area contributed by atoms with Crippen LogP contribution in [0.25, 0.3) is 0 Å². The van der Waals surface area contributed by atoms with E-state index < -0.39 is 97.3 Å². The molecule has 0 aromatic rings. The van der Waals surface area contributed by atoms with E-state index in [1.807, 2.05) is 0 Å². The molecule has 108 heavy (non-hydrogen) atoms. The van der Waals surface area contributed by atoms with Crippen molar-refractivity contribution in [3.05, 3.63) is 0 Å². The molecule has 0 aliphatic heterocycles. The van der Waals surface area contributed by atoms with E-state index in [4.69, 9.17) is 27.6 Å². The van der Waals surface area contributed by atoms with Crippen molar-refractivity contribution in [3.63, 3.8) is 0 Å². The Morgan fingerprint density at radius 1 is 0.278 bits per heavy atom. The van der Waals surface area contributed by atoms with Crippen LogP contribution in [-0.4, -0.2) is 174 Å². The third-order valence-corrected chi connectivity index (χ3v) is 22.6. The van der Waals surface area contributed by atoms with Crippen LogP contribution in [0.5, 0.6) is 0 Å². The Balaban J connectivity index is 5.68. The van der Waals surface area contributed by atoms with Crippen LogP contribution in [0.2, 0.25) is 0 Å². The van der Waals surface area contributed by atoms with Crippen LogP contribution >= 0.6 is 15.6 Å². The van der Waals surface area contributed by atoms with E-state index >= 15 is 0 Å². The first kappa shape index (κ1) is 107. The third kappa shape index (κ3) is 72.7. The van der Waals surface area contributed by atoms with Crippen molar-refractivity contribution in [1.29, 1.82) is 0 Å². The van der Waals surface area contributed by atoms with Gasteiger partial charge in [-0.05, 0) is 64.2 Å². The van der Waals surface area contributed by atoms with Gasteiger partial charge in [-0.2, -0.15) is 0 Å². The molecule has 0 heterocycles. The van der Waals surface area contributed by atoms with Crippen LogP contribution in [0.15, 0.2) is 0 Å². The van der Waals surface area contributed by atoms with E-state index in [0.717, 1.165) is 141 Å². The van der Waals surface area contributed by atoms with Crippen LogP contribution in [-0.2, 0) is 36.7 Å². The van der Waals surface area contributed by atoms with Crippen LogP contribution in [0.4, 0.5) is 4.79 Å². The number of amides is 2. The molecule has 0 aromatic carbocycles. The summed E-state index contributed by atoms with van der Waals surface area (Å²) in [6.07, 6.45) is 54.3. The van der Waals surface area contributed by atoms with E-state index in [9.17, 15) is 54.4 Å². The Kier molecular flexibility index (Phi) is 77.8. The van der Waals surface area contributed by atoms with Gasteiger partial charge in [0.2, 0.25) is 0 Å².